The summed E-state index contributed by atoms with van der Waals surface area (Å²) >= 11 is 1.37. The molecule has 2 aromatic carbocycles. The van der Waals surface area contributed by atoms with Gasteiger partial charge in [0.1, 0.15) is 10.8 Å². The summed E-state index contributed by atoms with van der Waals surface area (Å²) in [7, 11) is 0. The molecule has 8 N–H and O–H groups in total. The van der Waals surface area contributed by atoms with Crippen molar-refractivity contribution < 1.29 is 9.59 Å². The highest BCUT2D eigenvalue weighted by molar-refractivity contribution is 7.15. The Morgan fingerprint density at radius 3 is 2.38 bits per heavy atom. The van der Waals surface area contributed by atoms with Crippen LogP contribution >= 0.6 is 11.3 Å². The van der Waals surface area contributed by atoms with Gasteiger partial charge in [0.15, 0.2) is 0 Å². The maximum absolute atomic E-state index is 12.5. The third kappa shape index (κ3) is 10.7. The SMILES string of the molecule is CC(C)(N)c1cccc(CC(=O)Nc2nnc(CCCC/C(N)=C/C=C(\N)NC(=O)Cc3ccccc3)s2)c1. The van der Waals surface area contributed by atoms with E-state index in [1.54, 1.807) is 12.2 Å². The lowest BCUT2D eigenvalue weighted by Gasteiger charge is -2.19. The lowest BCUT2D eigenvalue weighted by Crippen LogP contribution is -2.28. The van der Waals surface area contributed by atoms with E-state index in [4.69, 9.17) is 17.2 Å². The Morgan fingerprint density at radius 2 is 1.64 bits per heavy atom. The molecular weight excluding hydrogens is 510 g/mol. The third-order valence-electron chi connectivity index (χ3n) is 5.82. The zero-order valence-corrected chi connectivity index (χ0v) is 23.3. The van der Waals surface area contributed by atoms with Crippen molar-refractivity contribution in [3.63, 3.8) is 0 Å². The normalized spacial score (nSPS) is 12.3. The standard InChI is InChI=1S/C29H37N7O2S/c1-29(2,32)22-12-8-11-21(17-22)19-26(38)34-28-36-35-27(39-28)14-7-6-13-23(30)15-16-24(31)33-25(37)18-20-9-4-3-5-10-20/h3-5,8-12,15-17H,6-7,13-14,18-19,30-32H2,1-2H3,(H,33,37)(H,34,36,38)/b23-15-,24-16+. The average molecular weight is 548 g/mol. The molecular formula is C29H37N7O2S. The molecule has 3 aromatic rings. The maximum Gasteiger partial charge on any atom is 0.230 e. The zero-order chi connectivity index (χ0) is 28.3. The molecule has 0 saturated heterocycles. The first kappa shape index (κ1) is 29.5. The fourth-order valence-electron chi connectivity index (χ4n) is 3.75. The molecule has 10 heteroatoms. The number of hydrogen-bond donors (Lipinski definition) is 5. The van der Waals surface area contributed by atoms with Crippen molar-refractivity contribution in [3.8, 4) is 0 Å². The van der Waals surface area contributed by atoms with Crippen LogP contribution in [-0.2, 0) is 34.4 Å². The van der Waals surface area contributed by atoms with Gasteiger partial charge in [-0.1, -0.05) is 65.9 Å². The van der Waals surface area contributed by atoms with E-state index in [2.05, 4.69) is 20.8 Å². The van der Waals surface area contributed by atoms with Gasteiger partial charge >= 0.3 is 0 Å². The largest absolute Gasteiger partial charge is 0.402 e. The molecule has 0 aliphatic carbocycles. The van der Waals surface area contributed by atoms with E-state index in [0.717, 1.165) is 41.0 Å². The van der Waals surface area contributed by atoms with E-state index in [1.165, 1.54) is 11.3 Å². The van der Waals surface area contributed by atoms with Crippen molar-refractivity contribution in [2.75, 3.05) is 5.32 Å². The van der Waals surface area contributed by atoms with Crippen molar-refractivity contribution in [2.45, 2.75) is 57.9 Å². The molecule has 3 rings (SSSR count). The van der Waals surface area contributed by atoms with Gasteiger partial charge in [-0.15, -0.1) is 10.2 Å². The van der Waals surface area contributed by atoms with Crippen molar-refractivity contribution in [1.29, 1.82) is 0 Å². The Kier molecular flexibility index (Phi) is 10.8. The van der Waals surface area contributed by atoms with Crippen LogP contribution in [0, 0.1) is 0 Å². The predicted molar refractivity (Wildman–Crippen MR) is 156 cm³/mol. The first-order chi connectivity index (χ1) is 18.6. The van der Waals surface area contributed by atoms with Crippen molar-refractivity contribution in [3.05, 3.63) is 100.0 Å². The minimum atomic E-state index is -0.467. The van der Waals surface area contributed by atoms with Crippen LogP contribution in [0.15, 0.2) is 78.3 Å². The van der Waals surface area contributed by atoms with Crippen LogP contribution in [0.5, 0.6) is 0 Å². The van der Waals surface area contributed by atoms with Crippen LogP contribution in [-0.4, -0.2) is 22.0 Å². The van der Waals surface area contributed by atoms with Gasteiger partial charge in [-0.05, 0) is 62.0 Å². The minimum Gasteiger partial charge on any atom is -0.402 e. The van der Waals surface area contributed by atoms with Crippen molar-refractivity contribution in [2.24, 2.45) is 17.2 Å². The van der Waals surface area contributed by atoms with Gasteiger partial charge in [-0.3, -0.25) is 9.59 Å². The van der Waals surface area contributed by atoms with Crippen LogP contribution in [0.25, 0.3) is 0 Å². The summed E-state index contributed by atoms with van der Waals surface area (Å²) in [5.74, 6) is -0.0798. The summed E-state index contributed by atoms with van der Waals surface area (Å²) < 4.78 is 0. The maximum atomic E-state index is 12.5. The van der Waals surface area contributed by atoms with Crippen LogP contribution in [0.4, 0.5) is 5.13 Å². The van der Waals surface area contributed by atoms with E-state index >= 15 is 0 Å². The number of rotatable bonds is 13. The monoisotopic (exact) mass is 547 g/mol. The summed E-state index contributed by atoms with van der Waals surface area (Å²) in [6, 6.07) is 17.2. The summed E-state index contributed by atoms with van der Waals surface area (Å²) in [6.07, 6.45) is 6.95. The summed E-state index contributed by atoms with van der Waals surface area (Å²) in [4.78, 5) is 24.6. The second kappa shape index (κ2) is 14.2. The molecule has 0 aliphatic rings. The van der Waals surface area contributed by atoms with Crippen molar-refractivity contribution >= 4 is 28.3 Å². The number of unbranched alkanes of at least 4 members (excludes halogenated alkanes) is 1. The molecule has 0 atom stereocenters. The van der Waals surface area contributed by atoms with E-state index in [9.17, 15) is 9.59 Å². The highest BCUT2D eigenvalue weighted by atomic mass is 32.1. The van der Waals surface area contributed by atoms with E-state index in [-0.39, 0.29) is 30.5 Å². The number of anilines is 1. The number of nitrogens with one attached hydrogen (secondary N) is 2. The quantitative estimate of drug-likeness (QED) is 0.161. The number of aromatic nitrogens is 2. The number of hydrogen-bond acceptors (Lipinski definition) is 8. The van der Waals surface area contributed by atoms with Gasteiger partial charge in [0.2, 0.25) is 16.9 Å². The van der Waals surface area contributed by atoms with Gasteiger partial charge in [0, 0.05) is 17.7 Å². The molecule has 0 radical (unpaired) electrons. The number of allylic oxidation sites excluding steroid dienone is 3. The topological polar surface area (TPSA) is 162 Å². The number of carbonyl (C=O) groups excluding carboxylic acids is 2. The molecule has 1 aromatic heterocycles. The number of nitrogens with zero attached hydrogens (tertiary/aromatic N) is 2. The molecule has 0 aliphatic heterocycles. The molecule has 206 valence electrons. The van der Waals surface area contributed by atoms with Crippen LogP contribution in [0.3, 0.4) is 0 Å². The highest BCUT2D eigenvalue weighted by Crippen LogP contribution is 2.20. The Labute approximate surface area is 233 Å². The molecule has 0 fully saturated rings. The summed E-state index contributed by atoms with van der Waals surface area (Å²) in [5, 5.41) is 15.1. The van der Waals surface area contributed by atoms with Gasteiger partial charge < -0.3 is 27.8 Å². The third-order valence-corrected chi connectivity index (χ3v) is 6.72. The average Bonchev–Trinajstić information content (AvgIpc) is 3.32. The van der Waals surface area contributed by atoms with Crippen molar-refractivity contribution in [1.82, 2.24) is 15.5 Å². The first-order valence-corrected chi connectivity index (χ1v) is 13.7. The van der Waals surface area contributed by atoms with E-state index < -0.39 is 5.54 Å². The lowest BCUT2D eigenvalue weighted by atomic mass is 9.93. The Morgan fingerprint density at radius 1 is 0.923 bits per heavy atom. The number of aryl methyl sites for hydroxylation is 1. The lowest BCUT2D eigenvalue weighted by molar-refractivity contribution is -0.119. The summed E-state index contributed by atoms with van der Waals surface area (Å²) in [5.41, 5.74) is 21.1. The molecule has 0 unspecified atom stereocenters. The molecule has 0 spiro atoms. The molecule has 2 amide bonds. The zero-order valence-electron chi connectivity index (χ0n) is 22.4. The highest BCUT2D eigenvalue weighted by Gasteiger charge is 2.15. The van der Waals surface area contributed by atoms with Crippen LogP contribution in [0.1, 0.15) is 54.8 Å². The van der Waals surface area contributed by atoms with Crippen LogP contribution in [0.2, 0.25) is 0 Å². The number of benzene rings is 2. The Balaban J connectivity index is 1.36. The first-order valence-electron chi connectivity index (χ1n) is 12.8. The second-order valence-electron chi connectivity index (χ2n) is 9.93. The van der Waals surface area contributed by atoms with Gasteiger partial charge in [0.25, 0.3) is 0 Å². The fraction of sp³-hybridized carbons (Fsp3) is 0.310. The van der Waals surface area contributed by atoms with E-state index in [0.29, 0.717) is 17.2 Å². The fourth-order valence-corrected chi connectivity index (χ4v) is 4.55. The Bertz CT molecular complexity index is 1310. The number of carbonyl (C=O) groups is 2. The molecule has 39 heavy (non-hydrogen) atoms. The molecule has 0 saturated carbocycles. The minimum absolute atomic E-state index is 0.147. The molecule has 9 nitrogen and oxygen atoms in total. The van der Waals surface area contributed by atoms with Crippen LogP contribution < -0.4 is 27.8 Å². The Hall–Kier alpha value is -4.02. The van der Waals surface area contributed by atoms with E-state index in [1.807, 2.05) is 68.4 Å². The molecule has 1 heterocycles. The number of nitrogens with two attached hydrogens (primary N) is 3. The second-order valence-corrected chi connectivity index (χ2v) is 11.0. The summed E-state index contributed by atoms with van der Waals surface area (Å²) in [6.45, 7) is 3.87. The molecule has 0 bridgehead atoms. The van der Waals surface area contributed by atoms with Gasteiger partial charge in [0.05, 0.1) is 12.8 Å². The number of amides is 2. The smallest absolute Gasteiger partial charge is 0.230 e. The predicted octanol–water partition coefficient (Wildman–Crippen LogP) is 3.63. The van der Waals surface area contributed by atoms with Gasteiger partial charge in [-0.25, -0.2) is 0 Å². The van der Waals surface area contributed by atoms with Gasteiger partial charge in [-0.2, -0.15) is 0 Å².